The van der Waals surface area contributed by atoms with Crippen molar-refractivity contribution in [1.82, 2.24) is 0 Å². The summed E-state index contributed by atoms with van der Waals surface area (Å²) in [6, 6.07) is 0. The van der Waals surface area contributed by atoms with Gasteiger partial charge in [0.2, 0.25) is 0 Å². The van der Waals surface area contributed by atoms with E-state index in [2.05, 4.69) is 22.4 Å². The van der Waals surface area contributed by atoms with Crippen molar-refractivity contribution in [3.8, 4) is 0 Å². The lowest BCUT2D eigenvalue weighted by Crippen LogP contribution is -2.32. The van der Waals surface area contributed by atoms with Crippen LogP contribution in [0.4, 0.5) is 0 Å². The second-order valence-electron chi connectivity index (χ2n) is 1.67. The molecule has 0 aromatic heterocycles. The minimum absolute atomic E-state index is 0.222. The molecule has 4 N–H and O–H groups in total. The van der Waals surface area contributed by atoms with E-state index in [9.17, 15) is 0 Å². The first kappa shape index (κ1) is 6.15. The number of hydrogen-bond acceptors (Lipinski definition) is 4. The highest BCUT2D eigenvalue weighted by molar-refractivity contribution is 7.80. The molecular weight excluding hydrogens is 136 g/mol. The Morgan fingerprint density at radius 3 is 2.67 bits per heavy atom. The summed E-state index contributed by atoms with van der Waals surface area (Å²) in [6.45, 7) is 0. The van der Waals surface area contributed by atoms with Gasteiger partial charge in [0.05, 0.1) is 4.99 Å². The molecule has 5 heteroatoms. The van der Waals surface area contributed by atoms with Gasteiger partial charge in [-0.3, -0.25) is 0 Å². The average Bonchev–Trinajstić information content (AvgIpc) is 2.13. The minimum atomic E-state index is -0.222. The second kappa shape index (κ2) is 2.10. The van der Waals surface area contributed by atoms with E-state index in [0.717, 1.165) is 0 Å². The van der Waals surface area contributed by atoms with E-state index in [1.165, 1.54) is 6.21 Å². The third-order valence-corrected chi connectivity index (χ3v) is 1.27. The lowest BCUT2D eigenvalue weighted by molar-refractivity contribution is 1.25. The quantitative estimate of drug-likeness (QED) is 0.473. The zero-order chi connectivity index (χ0) is 6.85. The first-order chi connectivity index (χ1) is 4.22. The van der Waals surface area contributed by atoms with E-state index in [-0.39, 0.29) is 5.92 Å². The number of rotatable bonds is 1. The smallest absolute Gasteiger partial charge is 0.137 e. The fourth-order valence-electron chi connectivity index (χ4n) is 0.524. The summed E-state index contributed by atoms with van der Waals surface area (Å²) < 4.78 is 0. The molecular formula is C4H6N4S. The normalized spacial score (nSPS) is 24.0. The Morgan fingerprint density at radius 1 is 1.78 bits per heavy atom. The molecule has 1 atom stereocenters. The van der Waals surface area contributed by atoms with Crippen LogP contribution < -0.4 is 11.5 Å². The summed E-state index contributed by atoms with van der Waals surface area (Å²) in [5.74, 6) is 0.155. The number of nitrogens with zero attached hydrogens (tertiary/aromatic N) is 2. The third kappa shape index (κ3) is 1.05. The Bertz CT molecular complexity index is 195. The number of thiocarbonyl (C=S) groups is 1. The van der Waals surface area contributed by atoms with Gasteiger partial charge in [-0.05, 0) is 0 Å². The van der Waals surface area contributed by atoms with Crippen LogP contribution in [-0.4, -0.2) is 17.0 Å². The highest BCUT2D eigenvalue weighted by Gasteiger charge is 2.17. The highest BCUT2D eigenvalue weighted by atomic mass is 32.1. The summed E-state index contributed by atoms with van der Waals surface area (Å²) >= 11 is 4.66. The van der Waals surface area contributed by atoms with Gasteiger partial charge in [-0.2, -0.15) is 5.10 Å². The second-order valence-corrected chi connectivity index (χ2v) is 2.14. The molecule has 0 radical (unpaired) electrons. The Labute approximate surface area is 57.6 Å². The SMILES string of the molecule is NC(=S)[C@H]1C=NN=C1N. The lowest BCUT2D eigenvalue weighted by Gasteiger charge is -2.00. The molecule has 0 fully saturated rings. The molecule has 0 aliphatic carbocycles. The maximum Gasteiger partial charge on any atom is 0.137 e. The number of nitrogens with two attached hydrogens (primary N) is 2. The van der Waals surface area contributed by atoms with Crippen LogP contribution in [0.25, 0.3) is 0 Å². The molecule has 1 aliphatic heterocycles. The van der Waals surface area contributed by atoms with Crippen LogP contribution in [0.5, 0.6) is 0 Å². The monoisotopic (exact) mass is 142 g/mol. The molecule has 0 unspecified atom stereocenters. The molecule has 9 heavy (non-hydrogen) atoms. The zero-order valence-corrected chi connectivity index (χ0v) is 5.43. The van der Waals surface area contributed by atoms with Gasteiger partial charge < -0.3 is 11.5 Å². The third-order valence-electron chi connectivity index (χ3n) is 1.01. The Morgan fingerprint density at radius 2 is 2.44 bits per heavy atom. The summed E-state index contributed by atoms with van der Waals surface area (Å²) in [6.07, 6.45) is 1.53. The van der Waals surface area contributed by atoms with Gasteiger partial charge in [0.1, 0.15) is 11.8 Å². The Hall–Kier alpha value is -0.970. The number of hydrogen-bond donors (Lipinski definition) is 2. The number of amidine groups is 1. The van der Waals surface area contributed by atoms with Crippen LogP contribution in [-0.2, 0) is 0 Å². The van der Waals surface area contributed by atoms with Gasteiger partial charge in [-0.1, -0.05) is 12.2 Å². The average molecular weight is 142 g/mol. The fraction of sp³-hybridized carbons (Fsp3) is 0.250. The van der Waals surface area contributed by atoms with Gasteiger partial charge in [0.15, 0.2) is 0 Å². The molecule has 1 aliphatic rings. The summed E-state index contributed by atoms with van der Waals surface area (Å²) in [5.41, 5.74) is 10.6. The first-order valence-corrected chi connectivity index (χ1v) is 2.78. The van der Waals surface area contributed by atoms with E-state index >= 15 is 0 Å². The van der Waals surface area contributed by atoms with E-state index in [4.69, 9.17) is 11.5 Å². The van der Waals surface area contributed by atoms with Crippen LogP contribution in [0.3, 0.4) is 0 Å². The summed E-state index contributed by atoms with van der Waals surface area (Å²) in [7, 11) is 0. The topological polar surface area (TPSA) is 76.8 Å². The molecule has 0 aromatic carbocycles. The molecule has 4 nitrogen and oxygen atoms in total. The van der Waals surface area contributed by atoms with Crippen LogP contribution in [0.15, 0.2) is 10.2 Å². The van der Waals surface area contributed by atoms with Crippen molar-refractivity contribution < 1.29 is 0 Å². The predicted octanol–water partition coefficient (Wildman–Crippen LogP) is -0.755. The minimum Gasteiger partial charge on any atom is -0.392 e. The first-order valence-electron chi connectivity index (χ1n) is 2.37. The standard InChI is InChI=1S/C4H6N4S/c5-3-2(4(6)9)1-7-8-3/h1-2H,(H2,5,8)(H2,6,9)/t2-/m0/s1. The van der Waals surface area contributed by atoms with Crippen molar-refractivity contribution >= 4 is 29.3 Å². The molecule has 48 valence electrons. The lowest BCUT2D eigenvalue weighted by atomic mass is 10.1. The van der Waals surface area contributed by atoms with E-state index in [1.54, 1.807) is 0 Å². The van der Waals surface area contributed by atoms with E-state index < -0.39 is 0 Å². The van der Waals surface area contributed by atoms with Crippen molar-refractivity contribution in [2.45, 2.75) is 0 Å². The van der Waals surface area contributed by atoms with Gasteiger partial charge in [-0.25, -0.2) is 0 Å². The largest absolute Gasteiger partial charge is 0.392 e. The van der Waals surface area contributed by atoms with Crippen molar-refractivity contribution in [2.24, 2.45) is 27.6 Å². The summed E-state index contributed by atoms with van der Waals surface area (Å²) in [4.78, 5) is 0.317. The Kier molecular flexibility index (Phi) is 1.44. The molecule has 0 aromatic rings. The highest BCUT2D eigenvalue weighted by Crippen LogP contribution is 2.00. The van der Waals surface area contributed by atoms with E-state index in [0.29, 0.717) is 10.8 Å². The van der Waals surface area contributed by atoms with Gasteiger partial charge in [0.25, 0.3) is 0 Å². The molecule has 0 bridgehead atoms. The van der Waals surface area contributed by atoms with Crippen LogP contribution >= 0.6 is 12.2 Å². The maximum atomic E-state index is 5.34. The van der Waals surface area contributed by atoms with Crippen LogP contribution in [0, 0.1) is 5.92 Å². The summed E-state index contributed by atoms with van der Waals surface area (Å²) in [5, 5.41) is 7.07. The van der Waals surface area contributed by atoms with Gasteiger partial charge in [0, 0.05) is 6.21 Å². The van der Waals surface area contributed by atoms with Gasteiger partial charge in [-0.15, -0.1) is 5.10 Å². The molecule has 1 rings (SSSR count). The Balaban J connectivity index is 2.74. The maximum absolute atomic E-state index is 5.34. The molecule has 1 heterocycles. The molecule has 0 amide bonds. The van der Waals surface area contributed by atoms with Crippen molar-refractivity contribution in [3.05, 3.63) is 0 Å². The fourth-order valence-corrected chi connectivity index (χ4v) is 0.706. The molecule has 0 saturated carbocycles. The van der Waals surface area contributed by atoms with E-state index in [1.807, 2.05) is 0 Å². The molecule has 0 saturated heterocycles. The zero-order valence-electron chi connectivity index (χ0n) is 4.61. The van der Waals surface area contributed by atoms with Crippen LogP contribution in [0.1, 0.15) is 0 Å². The van der Waals surface area contributed by atoms with Crippen molar-refractivity contribution in [3.63, 3.8) is 0 Å². The molecule has 0 spiro atoms. The predicted molar refractivity (Wildman–Crippen MR) is 40.4 cm³/mol. The van der Waals surface area contributed by atoms with Crippen LogP contribution in [0.2, 0.25) is 0 Å². The van der Waals surface area contributed by atoms with Crippen molar-refractivity contribution in [1.29, 1.82) is 0 Å². The van der Waals surface area contributed by atoms with Crippen molar-refractivity contribution in [2.75, 3.05) is 0 Å². The van der Waals surface area contributed by atoms with Gasteiger partial charge >= 0.3 is 0 Å².